The molecule has 4 aromatic rings. The average molecular weight is 375 g/mol. The number of hydrogen-bond donors (Lipinski definition) is 2. The number of imidazole rings is 1. The Balaban J connectivity index is 1.63. The van der Waals surface area contributed by atoms with Crippen LogP contribution in [-0.4, -0.2) is 24.5 Å². The first-order valence-electron chi connectivity index (χ1n) is 9.10. The van der Waals surface area contributed by atoms with E-state index in [9.17, 15) is 4.39 Å². The van der Waals surface area contributed by atoms with Crippen molar-refractivity contribution in [3.63, 3.8) is 0 Å². The van der Waals surface area contributed by atoms with E-state index in [4.69, 9.17) is 5.73 Å². The minimum atomic E-state index is -0.337. The number of nitrogen functional groups attached to an aromatic ring is 1. The van der Waals surface area contributed by atoms with Crippen LogP contribution < -0.4 is 11.1 Å². The Bertz CT molecular complexity index is 1180. The molecule has 1 aliphatic carbocycles. The lowest BCUT2D eigenvalue weighted by Gasteiger charge is -2.10. The smallest absolute Gasteiger partial charge is 0.242 e. The topological polar surface area (TPSA) is 94.5 Å². The van der Waals surface area contributed by atoms with Gasteiger partial charge in [-0.15, -0.1) is 0 Å². The lowest BCUT2D eigenvalue weighted by Crippen LogP contribution is -2.11. The summed E-state index contributed by atoms with van der Waals surface area (Å²) in [6.45, 7) is 2.02. The van der Waals surface area contributed by atoms with E-state index in [0.29, 0.717) is 28.8 Å². The Labute approximate surface area is 160 Å². The highest BCUT2D eigenvalue weighted by Crippen LogP contribution is 2.41. The zero-order chi connectivity index (χ0) is 19.3. The fourth-order valence-electron chi connectivity index (χ4n) is 3.20. The molecule has 0 unspecified atom stereocenters. The summed E-state index contributed by atoms with van der Waals surface area (Å²) in [5.74, 6) is 1.55. The van der Waals surface area contributed by atoms with Crippen molar-refractivity contribution in [2.45, 2.75) is 25.7 Å². The molecule has 5 rings (SSSR count). The molecular formula is C20H18FN7. The van der Waals surface area contributed by atoms with E-state index >= 15 is 0 Å². The maximum Gasteiger partial charge on any atom is 0.242 e. The summed E-state index contributed by atoms with van der Waals surface area (Å²) in [5, 5.41) is 3.15. The zero-order valence-corrected chi connectivity index (χ0v) is 15.2. The number of halogens is 1. The van der Waals surface area contributed by atoms with Crippen LogP contribution in [-0.2, 0) is 0 Å². The second kappa shape index (κ2) is 6.26. The summed E-state index contributed by atoms with van der Waals surface area (Å²) in [4.78, 5) is 17.7. The van der Waals surface area contributed by atoms with Gasteiger partial charge in [-0.1, -0.05) is 17.7 Å². The Morgan fingerprint density at radius 2 is 1.82 bits per heavy atom. The molecule has 140 valence electrons. The van der Waals surface area contributed by atoms with E-state index in [1.807, 2.05) is 31.2 Å². The highest BCUT2D eigenvalue weighted by atomic mass is 19.1. The highest BCUT2D eigenvalue weighted by molar-refractivity contribution is 5.78. The predicted molar refractivity (Wildman–Crippen MR) is 105 cm³/mol. The van der Waals surface area contributed by atoms with E-state index in [-0.39, 0.29) is 11.8 Å². The molecule has 0 radical (unpaired) electrons. The molecule has 3 N–H and O–H groups in total. The van der Waals surface area contributed by atoms with Crippen molar-refractivity contribution >= 4 is 28.6 Å². The Morgan fingerprint density at radius 3 is 2.57 bits per heavy atom. The third-order valence-corrected chi connectivity index (χ3v) is 4.73. The largest absolute Gasteiger partial charge is 0.368 e. The van der Waals surface area contributed by atoms with Crippen molar-refractivity contribution in [2.24, 2.45) is 0 Å². The van der Waals surface area contributed by atoms with Gasteiger partial charge in [0.2, 0.25) is 17.8 Å². The van der Waals surface area contributed by atoms with Crippen molar-refractivity contribution in [2.75, 3.05) is 11.1 Å². The summed E-state index contributed by atoms with van der Waals surface area (Å²) in [6, 6.07) is 12.4. The van der Waals surface area contributed by atoms with Crippen LogP contribution in [0.15, 0.2) is 42.5 Å². The van der Waals surface area contributed by atoms with Crippen molar-refractivity contribution in [1.29, 1.82) is 0 Å². The van der Waals surface area contributed by atoms with Crippen molar-refractivity contribution in [3.05, 3.63) is 59.7 Å². The fraction of sp³-hybridized carbons (Fsp3) is 0.200. The van der Waals surface area contributed by atoms with Crippen LogP contribution in [0.2, 0.25) is 0 Å². The van der Waals surface area contributed by atoms with Gasteiger partial charge in [0.15, 0.2) is 0 Å². The molecule has 1 saturated carbocycles. The van der Waals surface area contributed by atoms with E-state index in [1.165, 1.54) is 12.1 Å². The van der Waals surface area contributed by atoms with Crippen LogP contribution in [0.5, 0.6) is 0 Å². The normalized spacial score (nSPS) is 13.8. The minimum Gasteiger partial charge on any atom is -0.368 e. The standard InChI is InChI=1S/C20H18FN7/c1-11-2-7-14(8-3-11)23-19-25-18(22)26-20(27-19)28-16-10-13(21)6-9-15(16)24-17(28)12-4-5-12/h2-3,6-10,12H,4-5H2,1H3,(H3,22,23,25,26,27). The number of nitrogens with two attached hydrogens (primary N) is 1. The van der Waals surface area contributed by atoms with Gasteiger partial charge in [0.1, 0.15) is 11.6 Å². The lowest BCUT2D eigenvalue weighted by atomic mass is 10.2. The number of nitrogens with zero attached hydrogens (tertiary/aromatic N) is 5. The first-order chi connectivity index (χ1) is 13.6. The van der Waals surface area contributed by atoms with Crippen molar-refractivity contribution in [1.82, 2.24) is 24.5 Å². The highest BCUT2D eigenvalue weighted by Gasteiger charge is 2.31. The second-order valence-electron chi connectivity index (χ2n) is 7.02. The number of benzene rings is 2. The van der Waals surface area contributed by atoms with E-state index in [2.05, 4.69) is 25.3 Å². The van der Waals surface area contributed by atoms with E-state index < -0.39 is 0 Å². The molecule has 28 heavy (non-hydrogen) atoms. The van der Waals surface area contributed by atoms with E-state index in [1.54, 1.807) is 10.6 Å². The first-order valence-corrected chi connectivity index (χ1v) is 9.10. The third kappa shape index (κ3) is 3.02. The maximum absolute atomic E-state index is 13.9. The maximum atomic E-state index is 13.9. The molecule has 2 aromatic carbocycles. The number of aromatic nitrogens is 5. The van der Waals surface area contributed by atoms with Crippen LogP contribution in [0.25, 0.3) is 17.0 Å². The number of nitrogens with one attached hydrogen (secondary N) is 1. The van der Waals surface area contributed by atoms with Gasteiger partial charge in [0.25, 0.3) is 0 Å². The van der Waals surface area contributed by atoms with Gasteiger partial charge in [-0.25, -0.2) is 9.37 Å². The molecule has 0 atom stereocenters. The number of rotatable bonds is 4. The van der Waals surface area contributed by atoms with Gasteiger partial charge >= 0.3 is 0 Å². The van der Waals surface area contributed by atoms with Gasteiger partial charge in [0.05, 0.1) is 11.0 Å². The molecule has 7 nitrogen and oxygen atoms in total. The molecular weight excluding hydrogens is 357 g/mol. The average Bonchev–Trinajstić information content (AvgIpc) is 3.44. The third-order valence-electron chi connectivity index (χ3n) is 4.73. The Hall–Kier alpha value is -3.55. The zero-order valence-electron chi connectivity index (χ0n) is 15.2. The van der Waals surface area contributed by atoms with Crippen molar-refractivity contribution in [3.8, 4) is 5.95 Å². The number of hydrogen-bond acceptors (Lipinski definition) is 6. The molecule has 0 spiro atoms. The molecule has 0 amide bonds. The molecule has 2 aromatic heterocycles. The van der Waals surface area contributed by atoms with Crippen LogP contribution in [0.1, 0.15) is 30.1 Å². The van der Waals surface area contributed by atoms with Crippen LogP contribution in [0.3, 0.4) is 0 Å². The Kier molecular flexibility index (Phi) is 3.71. The Morgan fingerprint density at radius 1 is 1.04 bits per heavy atom. The molecule has 0 saturated heterocycles. The summed E-state index contributed by atoms with van der Waals surface area (Å²) in [5.41, 5.74) is 9.27. The molecule has 1 fully saturated rings. The lowest BCUT2D eigenvalue weighted by molar-refractivity contribution is 0.629. The van der Waals surface area contributed by atoms with Crippen molar-refractivity contribution < 1.29 is 4.39 Å². The SMILES string of the molecule is Cc1ccc(Nc2nc(N)nc(-n3c(C4CC4)nc4ccc(F)cc43)n2)cc1. The van der Waals surface area contributed by atoms with Gasteiger partial charge < -0.3 is 11.1 Å². The molecule has 8 heteroatoms. The molecule has 0 aliphatic heterocycles. The van der Waals surface area contributed by atoms with Gasteiger partial charge in [-0.05, 0) is 44.0 Å². The fourth-order valence-corrected chi connectivity index (χ4v) is 3.20. The van der Waals surface area contributed by atoms with Gasteiger partial charge in [0, 0.05) is 17.7 Å². The first kappa shape index (κ1) is 16.6. The predicted octanol–water partition coefficient (Wildman–Crippen LogP) is 3.86. The van der Waals surface area contributed by atoms with Gasteiger partial charge in [-0.2, -0.15) is 15.0 Å². The second-order valence-corrected chi connectivity index (χ2v) is 7.02. The number of fused-ring (bicyclic) bond motifs is 1. The number of aryl methyl sites for hydroxylation is 1. The van der Waals surface area contributed by atoms with Gasteiger partial charge in [-0.3, -0.25) is 4.57 Å². The summed E-state index contributed by atoms with van der Waals surface area (Å²) in [7, 11) is 0. The summed E-state index contributed by atoms with van der Waals surface area (Å²) < 4.78 is 15.7. The molecule has 1 aliphatic rings. The monoisotopic (exact) mass is 375 g/mol. The minimum absolute atomic E-state index is 0.0830. The van der Waals surface area contributed by atoms with Crippen LogP contribution in [0, 0.1) is 12.7 Å². The summed E-state index contributed by atoms with van der Waals surface area (Å²) >= 11 is 0. The number of anilines is 3. The van der Waals surface area contributed by atoms with E-state index in [0.717, 1.165) is 29.9 Å². The quantitative estimate of drug-likeness (QED) is 0.562. The molecule has 2 heterocycles. The van der Waals surface area contributed by atoms with Crippen LogP contribution >= 0.6 is 0 Å². The van der Waals surface area contributed by atoms with Crippen LogP contribution in [0.4, 0.5) is 22.0 Å². The summed E-state index contributed by atoms with van der Waals surface area (Å²) in [6.07, 6.45) is 2.09. The molecule has 0 bridgehead atoms.